The second kappa shape index (κ2) is 6.43. The van der Waals surface area contributed by atoms with Crippen molar-refractivity contribution in [3.05, 3.63) is 41.0 Å². The number of fused-ring (bicyclic) bond motifs is 9. The molecule has 4 aliphatic rings. The Balaban J connectivity index is 1.37. The van der Waals surface area contributed by atoms with Gasteiger partial charge in [0.15, 0.2) is 0 Å². The molecule has 2 aromatic heterocycles. The molecule has 31 heavy (non-hydrogen) atoms. The van der Waals surface area contributed by atoms with Crippen LogP contribution in [0, 0.1) is 30.1 Å². The Morgan fingerprint density at radius 3 is 2.77 bits per heavy atom. The molecular formula is C26H33N3O2. The molecule has 2 heterocycles. The van der Waals surface area contributed by atoms with Crippen molar-refractivity contribution < 1.29 is 9.53 Å². The number of rotatable bonds is 1. The fourth-order valence-electron chi connectivity index (χ4n) is 8.25. The Hall–Kier alpha value is -2.17. The third-order valence-corrected chi connectivity index (χ3v) is 9.60. The molecule has 0 aromatic carbocycles. The Bertz CT molecular complexity index is 1120. The number of nitrogens with zero attached hydrogens (tertiary/aromatic N) is 3. The van der Waals surface area contributed by atoms with Gasteiger partial charge in [0.05, 0.1) is 0 Å². The number of hydrogen-bond donors (Lipinski definition) is 0. The second-order valence-corrected chi connectivity index (χ2v) is 11.0. The number of hydrogen-bond acceptors (Lipinski definition) is 4. The quantitative estimate of drug-likeness (QED) is 0.485. The molecule has 0 spiro atoms. The van der Waals surface area contributed by atoms with Gasteiger partial charge >= 0.3 is 5.97 Å². The molecule has 0 amide bonds. The lowest BCUT2D eigenvalue weighted by Gasteiger charge is -2.57. The van der Waals surface area contributed by atoms with Gasteiger partial charge in [-0.05, 0) is 79.6 Å². The van der Waals surface area contributed by atoms with Crippen molar-refractivity contribution in [3.63, 3.8) is 0 Å². The number of imidazole rings is 1. The van der Waals surface area contributed by atoms with E-state index in [1.165, 1.54) is 36.7 Å². The smallest absolute Gasteiger partial charge is 0.302 e. The largest absolute Gasteiger partial charge is 0.462 e. The molecule has 2 saturated carbocycles. The highest BCUT2D eigenvalue weighted by Gasteiger charge is 2.58. The third-order valence-electron chi connectivity index (χ3n) is 9.60. The predicted octanol–water partition coefficient (Wildman–Crippen LogP) is 4.95. The zero-order valence-electron chi connectivity index (χ0n) is 19.1. The molecule has 6 atom stereocenters. The first kappa shape index (κ1) is 19.5. The molecule has 0 bridgehead atoms. The Morgan fingerprint density at radius 2 is 1.97 bits per heavy atom. The molecule has 2 fully saturated rings. The highest BCUT2D eigenvalue weighted by Crippen LogP contribution is 2.64. The Labute approximate surface area is 184 Å². The molecule has 164 valence electrons. The number of carbonyl (C=O) groups is 1. The summed E-state index contributed by atoms with van der Waals surface area (Å²) in [6.45, 7) is 8.73. The maximum absolute atomic E-state index is 11.5. The molecule has 4 aliphatic carbocycles. The van der Waals surface area contributed by atoms with Crippen molar-refractivity contribution in [1.29, 1.82) is 0 Å². The van der Waals surface area contributed by atoms with E-state index < -0.39 is 0 Å². The lowest BCUT2D eigenvalue weighted by Crippen LogP contribution is -2.51. The van der Waals surface area contributed by atoms with Crippen LogP contribution in [-0.4, -0.2) is 26.4 Å². The van der Waals surface area contributed by atoms with Gasteiger partial charge < -0.3 is 4.74 Å². The molecule has 5 heteroatoms. The first-order chi connectivity index (χ1) is 14.8. The minimum absolute atomic E-state index is 0.0706. The minimum Gasteiger partial charge on any atom is -0.462 e. The first-order valence-electron chi connectivity index (χ1n) is 12.0. The van der Waals surface area contributed by atoms with Crippen LogP contribution in [0.25, 0.3) is 5.78 Å². The van der Waals surface area contributed by atoms with Crippen molar-refractivity contribution in [2.24, 2.45) is 23.2 Å². The summed E-state index contributed by atoms with van der Waals surface area (Å²) in [6.07, 6.45) is 14.5. The summed E-state index contributed by atoms with van der Waals surface area (Å²) in [5.74, 6) is 2.80. The predicted molar refractivity (Wildman–Crippen MR) is 119 cm³/mol. The molecule has 0 N–H and O–H groups in total. The van der Waals surface area contributed by atoms with Crippen LogP contribution in [0.15, 0.2) is 24.0 Å². The van der Waals surface area contributed by atoms with E-state index in [0.29, 0.717) is 11.8 Å². The van der Waals surface area contributed by atoms with Crippen molar-refractivity contribution in [2.45, 2.75) is 84.2 Å². The van der Waals surface area contributed by atoms with E-state index in [1.807, 2.05) is 6.20 Å². The van der Waals surface area contributed by atoms with Crippen molar-refractivity contribution in [2.75, 3.05) is 0 Å². The summed E-state index contributed by atoms with van der Waals surface area (Å²) in [5.41, 5.74) is 6.15. The maximum atomic E-state index is 11.5. The maximum Gasteiger partial charge on any atom is 0.302 e. The average Bonchev–Trinajstić information content (AvgIpc) is 3.30. The Morgan fingerprint density at radius 1 is 1.16 bits per heavy atom. The van der Waals surface area contributed by atoms with Crippen LogP contribution in [0.3, 0.4) is 0 Å². The zero-order chi connectivity index (χ0) is 21.5. The highest BCUT2D eigenvalue weighted by atomic mass is 16.5. The topological polar surface area (TPSA) is 56.5 Å². The molecule has 0 unspecified atom stereocenters. The third kappa shape index (κ3) is 2.58. The number of allylic oxidation sites excluding steroid dienone is 1. The molecule has 2 aromatic rings. The van der Waals surface area contributed by atoms with E-state index >= 15 is 0 Å². The Kier molecular flexibility index (Phi) is 4.05. The number of carbonyl (C=O) groups excluding carboxylic acids is 1. The van der Waals surface area contributed by atoms with E-state index in [0.717, 1.165) is 43.8 Å². The van der Waals surface area contributed by atoms with Crippen LogP contribution in [0.5, 0.6) is 0 Å². The normalized spacial score (nSPS) is 38.6. The number of aryl methyl sites for hydroxylation is 1. The summed E-state index contributed by atoms with van der Waals surface area (Å²) in [6, 6.07) is 0. The number of esters is 1. The number of ether oxygens (including phenoxy) is 1. The molecular weight excluding hydrogens is 386 g/mol. The summed E-state index contributed by atoms with van der Waals surface area (Å²) in [7, 11) is 0. The van der Waals surface area contributed by atoms with Gasteiger partial charge in [0, 0.05) is 37.1 Å². The van der Waals surface area contributed by atoms with Gasteiger partial charge in [0.2, 0.25) is 5.78 Å². The van der Waals surface area contributed by atoms with Crippen molar-refractivity contribution >= 4 is 11.7 Å². The van der Waals surface area contributed by atoms with E-state index in [2.05, 4.69) is 42.4 Å². The number of aromatic nitrogens is 3. The van der Waals surface area contributed by atoms with Gasteiger partial charge in [-0.3, -0.25) is 9.20 Å². The van der Waals surface area contributed by atoms with Crippen LogP contribution >= 0.6 is 0 Å². The van der Waals surface area contributed by atoms with Gasteiger partial charge in [0.25, 0.3) is 0 Å². The van der Waals surface area contributed by atoms with E-state index in [4.69, 9.17) is 9.72 Å². The zero-order valence-corrected chi connectivity index (χ0v) is 19.1. The van der Waals surface area contributed by atoms with Crippen molar-refractivity contribution in [1.82, 2.24) is 14.4 Å². The van der Waals surface area contributed by atoms with Crippen LogP contribution in [0.4, 0.5) is 0 Å². The lowest BCUT2D eigenvalue weighted by atomic mass is 9.47. The minimum atomic E-state index is -0.144. The van der Waals surface area contributed by atoms with Crippen LogP contribution in [-0.2, 0) is 21.4 Å². The lowest BCUT2D eigenvalue weighted by molar-refractivity contribution is -0.148. The SMILES string of the molecule is CC(=O)O[C@H]1CC[C@@]2(C)C(=CC[C@@H]3[C@@H]2CC[C@]2(C)c4c(C)nc5nccn5c4C[C@@H]32)C1. The fraction of sp³-hybridized carbons (Fsp3) is 0.654. The summed E-state index contributed by atoms with van der Waals surface area (Å²) >= 11 is 0. The fourth-order valence-corrected chi connectivity index (χ4v) is 8.25. The molecule has 6 rings (SSSR count). The van der Waals surface area contributed by atoms with E-state index in [-0.39, 0.29) is 22.9 Å². The summed E-state index contributed by atoms with van der Waals surface area (Å²) in [5, 5.41) is 0. The monoisotopic (exact) mass is 419 g/mol. The van der Waals surface area contributed by atoms with Crippen LogP contribution in [0.1, 0.15) is 76.2 Å². The standard InChI is InChI=1S/C26H33N3O2/c1-15-23-22(29-12-11-27-24(29)28-15)14-21-19-6-5-17-13-18(31-16(2)30)7-9-25(17,3)20(19)8-10-26(21,23)4/h5,11-12,18-21H,6-10,13-14H2,1-4H3/t18-,19+,20-,21-,25-,26-/m0/s1. The van der Waals surface area contributed by atoms with Crippen molar-refractivity contribution in [3.8, 4) is 0 Å². The average molecular weight is 420 g/mol. The van der Waals surface area contributed by atoms with Gasteiger partial charge in [-0.25, -0.2) is 9.97 Å². The van der Waals surface area contributed by atoms with Gasteiger partial charge in [-0.15, -0.1) is 0 Å². The summed E-state index contributed by atoms with van der Waals surface area (Å²) in [4.78, 5) is 20.8. The van der Waals surface area contributed by atoms with Crippen LogP contribution < -0.4 is 0 Å². The molecule has 0 radical (unpaired) electrons. The van der Waals surface area contributed by atoms with E-state index in [1.54, 1.807) is 5.57 Å². The van der Waals surface area contributed by atoms with Gasteiger partial charge in [-0.2, -0.15) is 0 Å². The molecule has 0 saturated heterocycles. The highest BCUT2D eigenvalue weighted by molar-refractivity contribution is 5.66. The van der Waals surface area contributed by atoms with E-state index in [9.17, 15) is 4.79 Å². The van der Waals surface area contributed by atoms with Gasteiger partial charge in [-0.1, -0.05) is 25.5 Å². The van der Waals surface area contributed by atoms with Gasteiger partial charge in [0.1, 0.15) is 6.10 Å². The molecule has 0 aliphatic heterocycles. The molecule has 5 nitrogen and oxygen atoms in total. The second-order valence-electron chi connectivity index (χ2n) is 11.0. The van der Waals surface area contributed by atoms with Crippen LogP contribution in [0.2, 0.25) is 0 Å². The first-order valence-corrected chi connectivity index (χ1v) is 12.0. The summed E-state index contributed by atoms with van der Waals surface area (Å²) < 4.78 is 7.85.